The molecule has 0 aromatic carbocycles. The molecule has 1 unspecified atom stereocenters. The Bertz CT molecular complexity index is 490. The van der Waals surface area contributed by atoms with Crippen LogP contribution < -0.4 is 5.73 Å². The molecule has 0 saturated heterocycles. The molecule has 0 radical (unpaired) electrons. The van der Waals surface area contributed by atoms with Crippen LogP contribution in [0.2, 0.25) is 0 Å². The molecule has 0 bridgehead atoms. The van der Waals surface area contributed by atoms with E-state index in [2.05, 4.69) is 13.0 Å². The summed E-state index contributed by atoms with van der Waals surface area (Å²) in [5, 5.41) is 2.04. The highest BCUT2D eigenvalue weighted by atomic mass is 32.1. The molecule has 1 aliphatic rings. The van der Waals surface area contributed by atoms with Gasteiger partial charge in [-0.2, -0.15) is 0 Å². The topological polar surface area (TPSA) is 46.3 Å². The quantitative estimate of drug-likeness (QED) is 0.675. The highest BCUT2D eigenvalue weighted by molar-refractivity contribution is 7.80. The average molecular weight is 325 g/mol. The zero-order chi connectivity index (χ0) is 15.5. The molecule has 2 rings (SSSR count). The van der Waals surface area contributed by atoms with Gasteiger partial charge in [0.05, 0.1) is 16.4 Å². The van der Waals surface area contributed by atoms with Gasteiger partial charge >= 0.3 is 0 Å². The van der Waals surface area contributed by atoms with Gasteiger partial charge in [0.1, 0.15) is 0 Å². The largest absolute Gasteiger partial charge is 0.392 e. The second-order valence-corrected chi connectivity index (χ2v) is 7.39. The van der Waals surface area contributed by atoms with Gasteiger partial charge in [0.2, 0.25) is 5.91 Å². The molecule has 5 heteroatoms. The third-order valence-electron chi connectivity index (χ3n) is 4.69. The average Bonchev–Trinajstić information content (AvgIpc) is 2.89. The monoisotopic (exact) mass is 324 g/mol. The standard InChI is InChI=1S/C16H24N2OS2/c1-12(13-8-7-11-21-13)18(2)15(19)16(14(17)20)9-5-3-4-6-10-16/h7-8,11-12H,3-6,9-10H2,1-2H3,(H2,17,20). The lowest BCUT2D eigenvalue weighted by molar-refractivity contribution is -0.139. The Morgan fingerprint density at radius 2 is 2.00 bits per heavy atom. The van der Waals surface area contributed by atoms with Crippen molar-refractivity contribution in [3.8, 4) is 0 Å². The smallest absolute Gasteiger partial charge is 0.235 e. The highest BCUT2D eigenvalue weighted by Crippen LogP contribution is 2.39. The zero-order valence-corrected chi connectivity index (χ0v) is 14.4. The van der Waals surface area contributed by atoms with E-state index in [1.807, 2.05) is 23.4 Å². The summed E-state index contributed by atoms with van der Waals surface area (Å²) < 4.78 is 0. The summed E-state index contributed by atoms with van der Waals surface area (Å²) in [5.41, 5.74) is 5.38. The van der Waals surface area contributed by atoms with Crippen LogP contribution in [0.25, 0.3) is 0 Å². The van der Waals surface area contributed by atoms with Crippen LogP contribution in [0.5, 0.6) is 0 Å². The third kappa shape index (κ3) is 3.29. The lowest BCUT2D eigenvalue weighted by Crippen LogP contribution is -2.49. The first kappa shape index (κ1) is 16.4. The van der Waals surface area contributed by atoms with Crippen molar-refractivity contribution in [2.24, 2.45) is 11.1 Å². The maximum Gasteiger partial charge on any atom is 0.235 e. The van der Waals surface area contributed by atoms with E-state index in [4.69, 9.17) is 18.0 Å². The second-order valence-electron chi connectivity index (χ2n) is 5.97. The Morgan fingerprint density at radius 1 is 1.38 bits per heavy atom. The molecule has 1 amide bonds. The molecule has 3 nitrogen and oxygen atoms in total. The van der Waals surface area contributed by atoms with Crippen LogP contribution in [0.4, 0.5) is 0 Å². The summed E-state index contributed by atoms with van der Waals surface area (Å²) in [5.74, 6) is 0.0952. The van der Waals surface area contributed by atoms with Crippen molar-refractivity contribution in [3.63, 3.8) is 0 Å². The van der Waals surface area contributed by atoms with E-state index in [0.717, 1.165) is 25.7 Å². The Kier molecular flexibility index (Phi) is 5.38. The number of carbonyl (C=O) groups is 1. The first-order valence-corrected chi connectivity index (χ1v) is 8.88. The lowest BCUT2D eigenvalue weighted by Gasteiger charge is -2.36. The summed E-state index contributed by atoms with van der Waals surface area (Å²) in [6.45, 7) is 2.06. The van der Waals surface area contributed by atoms with Gasteiger partial charge in [0.25, 0.3) is 0 Å². The predicted molar refractivity (Wildman–Crippen MR) is 92.4 cm³/mol. The van der Waals surface area contributed by atoms with Crippen LogP contribution in [0.15, 0.2) is 17.5 Å². The molecule has 1 aromatic rings. The molecule has 1 aliphatic carbocycles. The molecule has 1 fully saturated rings. The van der Waals surface area contributed by atoms with Gasteiger partial charge in [-0.05, 0) is 31.2 Å². The van der Waals surface area contributed by atoms with E-state index in [-0.39, 0.29) is 11.9 Å². The minimum atomic E-state index is -0.633. The van der Waals surface area contributed by atoms with Gasteiger partial charge in [0.15, 0.2) is 0 Å². The minimum Gasteiger partial charge on any atom is -0.392 e. The Morgan fingerprint density at radius 3 is 2.48 bits per heavy atom. The number of thiocarbonyl (C=S) groups is 1. The highest BCUT2D eigenvalue weighted by Gasteiger charge is 2.44. The van der Waals surface area contributed by atoms with Crippen molar-refractivity contribution in [1.82, 2.24) is 4.90 Å². The maximum atomic E-state index is 13.1. The van der Waals surface area contributed by atoms with Crippen molar-refractivity contribution in [3.05, 3.63) is 22.4 Å². The first-order valence-electron chi connectivity index (χ1n) is 7.59. The Balaban J connectivity index is 2.23. The zero-order valence-electron chi connectivity index (χ0n) is 12.8. The van der Waals surface area contributed by atoms with Crippen LogP contribution in [0, 0.1) is 5.41 Å². The van der Waals surface area contributed by atoms with Crippen molar-refractivity contribution >= 4 is 34.5 Å². The molecular formula is C16H24N2OS2. The normalized spacial score (nSPS) is 19.5. The first-order chi connectivity index (χ1) is 9.99. The maximum absolute atomic E-state index is 13.1. The van der Waals surface area contributed by atoms with E-state index in [0.29, 0.717) is 4.99 Å². The van der Waals surface area contributed by atoms with Crippen LogP contribution in [0.1, 0.15) is 56.4 Å². The van der Waals surface area contributed by atoms with Gasteiger partial charge in [-0.3, -0.25) is 4.79 Å². The van der Waals surface area contributed by atoms with Crippen LogP contribution in [-0.4, -0.2) is 22.8 Å². The summed E-state index contributed by atoms with van der Waals surface area (Å²) in [6, 6.07) is 4.15. The van der Waals surface area contributed by atoms with E-state index < -0.39 is 5.41 Å². The fourth-order valence-corrected chi connectivity index (χ4v) is 4.25. The molecule has 0 spiro atoms. The van der Waals surface area contributed by atoms with Crippen molar-refractivity contribution in [1.29, 1.82) is 0 Å². The number of nitrogens with two attached hydrogens (primary N) is 1. The number of hydrogen-bond donors (Lipinski definition) is 1. The molecule has 116 valence electrons. The molecule has 21 heavy (non-hydrogen) atoms. The fourth-order valence-electron chi connectivity index (χ4n) is 3.13. The summed E-state index contributed by atoms with van der Waals surface area (Å²) in [6.07, 6.45) is 5.99. The number of hydrogen-bond acceptors (Lipinski definition) is 3. The van der Waals surface area contributed by atoms with Gasteiger partial charge in [-0.15, -0.1) is 11.3 Å². The fraction of sp³-hybridized carbons (Fsp3) is 0.625. The lowest BCUT2D eigenvalue weighted by atomic mass is 9.78. The predicted octanol–water partition coefficient (Wildman–Crippen LogP) is 3.89. The molecular weight excluding hydrogens is 300 g/mol. The van der Waals surface area contributed by atoms with Crippen LogP contribution in [0.3, 0.4) is 0 Å². The van der Waals surface area contributed by atoms with E-state index in [1.54, 1.807) is 11.3 Å². The Labute approximate surface area is 136 Å². The SMILES string of the molecule is CC(c1cccs1)N(C)C(=O)C1(C(N)=S)CCCCCC1. The van der Waals surface area contributed by atoms with Crippen LogP contribution in [-0.2, 0) is 4.79 Å². The molecule has 1 heterocycles. The molecule has 0 aliphatic heterocycles. The number of amides is 1. The molecule has 2 N–H and O–H groups in total. The molecule has 1 atom stereocenters. The number of thiophene rings is 1. The molecule has 1 aromatic heterocycles. The summed E-state index contributed by atoms with van der Waals surface area (Å²) in [7, 11) is 1.87. The summed E-state index contributed by atoms with van der Waals surface area (Å²) >= 11 is 6.98. The number of rotatable bonds is 4. The van der Waals surface area contributed by atoms with Gasteiger partial charge in [-0.25, -0.2) is 0 Å². The second kappa shape index (κ2) is 6.88. The number of carbonyl (C=O) groups excluding carboxylic acids is 1. The van der Waals surface area contributed by atoms with Crippen molar-refractivity contribution in [2.75, 3.05) is 7.05 Å². The van der Waals surface area contributed by atoms with E-state index in [9.17, 15) is 4.79 Å². The van der Waals surface area contributed by atoms with Crippen molar-refractivity contribution < 1.29 is 4.79 Å². The minimum absolute atomic E-state index is 0.0620. The molecule has 1 saturated carbocycles. The van der Waals surface area contributed by atoms with Gasteiger partial charge < -0.3 is 10.6 Å². The van der Waals surface area contributed by atoms with E-state index >= 15 is 0 Å². The Hall–Kier alpha value is -0.940. The summed E-state index contributed by atoms with van der Waals surface area (Å²) in [4.78, 5) is 16.5. The third-order valence-corrected chi connectivity index (χ3v) is 6.13. The van der Waals surface area contributed by atoms with Gasteiger partial charge in [-0.1, -0.05) is 44.0 Å². The van der Waals surface area contributed by atoms with E-state index in [1.165, 1.54) is 17.7 Å². The number of nitrogens with zero attached hydrogens (tertiary/aromatic N) is 1. The van der Waals surface area contributed by atoms with Crippen molar-refractivity contribution in [2.45, 2.75) is 51.5 Å². The van der Waals surface area contributed by atoms with Gasteiger partial charge in [0, 0.05) is 11.9 Å². The van der Waals surface area contributed by atoms with Crippen LogP contribution >= 0.6 is 23.6 Å².